The first kappa shape index (κ1) is 20.9. The fourth-order valence-corrected chi connectivity index (χ4v) is 3.56. The zero-order valence-corrected chi connectivity index (χ0v) is 17.6. The molecular weight excluding hydrogens is 366 g/mol. The molecule has 0 radical (unpaired) electrons. The summed E-state index contributed by atoms with van der Waals surface area (Å²) in [5, 5.41) is 2.95. The van der Waals surface area contributed by atoms with Crippen LogP contribution >= 0.6 is 0 Å². The van der Waals surface area contributed by atoms with Crippen molar-refractivity contribution in [1.82, 2.24) is 5.32 Å². The quantitative estimate of drug-likeness (QED) is 0.807. The monoisotopic (exact) mass is 396 g/mol. The number of fused-ring (bicyclic) bond motifs is 1. The second kappa shape index (κ2) is 8.66. The number of ether oxygens (including phenoxy) is 1. The number of hydrogen-bond acceptors (Lipinski definition) is 3. The zero-order valence-electron chi connectivity index (χ0n) is 17.6. The molecule has 1 aliphatic heterocycles. The van der Waals surface area contributed by atoms with Crippen LogP contribution in [0.3, 0.4) is 0 Å². The van der Waals surface area contributed by atoms with Crippen molar-refractivity contribution in [3.63, 3.8) is 0 Å². The summed E-state index contributed by atoms with van der Waals surface area (Å²) in [5.74, 6) is 0.608. The number of rotatable bonds is 5. The summed E-state index contributed by atoms with van der Waals surface area (Å²) in [6, 6.07) is 17.3. The molecule has 0 saturated heterocycles. The van der Waals surface area contributed by atoms with Crippen LogP contribution in [0.4, 0.5) is 5.69 Å². The Hall–Kier alpha value is -2.86. The molecule has 154 valence electrons. The molecule has 2 aromatic rings. The fourth-order valence-electron chi connectivity index (χ4n) is 3.56. The molecule has 1 heterocycles. The van der Waals surface area contributed by atoms with Gasteiger partial charge in [-0.3, -0.25) is 14.5 Å². The summed E-state index contributed by atoms with van der Waals surface area (Å²) in [6.45, 7) is 6.69. The van der Waals surface area contributed by atoms with E-state index in [0.29, 0.717) is 12.4 Å². The van der Waals surface area contributed by atoms with E-state index in [2.05, 4.69) is 5.32 Å². The predicted octanol–water partition coefficient (Wildman–Crippen LogP) is 1.58. The summed E-state index contributed by atoms with van der Waals surface area (Å²) < 4.78 is 5.93. The van der Waals surface area contributed by atoms with Crippen molar-refractivity contribution in [2.75, 3.05) is 31.6 Å². The van der Waals surface area contributed by atoms with E-state index in [-0.39, 0.29) is 36.5 Å². The van der Waals surface area contributed by atoms with Crippen LogP contribution in [0.15, 0.2) is 54.6 Å². The lowest BCUT2D eigenvalue weighted by Crippen LogP contribution is -3.11. The molecule has 6 nitrogen and oxygen atoms in total. The number of quaternary nitrogens is 1. The van der Waals surface area contributed by atoms with Crippen LogP contribution in [-0.4, -0.2) is 44.1 Å². The second-order valence-electron chi connectivity index (χ2n) is 8.58. The van der Waals surface area contributed by atoms with Gasteiger partial charge >= 0.3 is 0 Å². The van der Waals surface area contributed by atoms with Gasteiger partial charge in [-0.25, -0.2) is 0 Å². The minimum absolute atomic E-state index is 0.0318. The standard InChI is InChI=1S/C23H29N3O3/c1-23(2,3)24-21(27)14-25(4)15-22(28)26-18-12-8-9-13-20(18)29-16-19(26)17-10-6-5-7-11-17/h5-13,19H,14-16H2,1-4H3,(H,24,27)/p+1/t19-/m0/s1. The van der Waals surface area contributed by atoms with E-state index < -0.39 is 0 Å². The topological polar surface area (TPSA) is 63.1 Å². The highest BCUT2D eigenvalue weighted by molar-refractivity contribution is 5.97. The van der Waals surface area contributed by atoms with E-state index >= 15 is 0 Å². The van der Waals surface area contributed by atoms with Gasteiger partial charge in [0.2, 0.25) is 0 Å². The second-order valence-corrected chi connectivity index (χ2v) is 8.58. The van der Waals surface area contributed by atoms with E-state index in [1.165, 1.54) is 0 Å². The molecular formula is C23H30N3O3+. The van der Waals surface area contributed by atoms with E-state index in [1.807, 2.05) is 87.3 Å². The molecule has 2 atom stereocenters. The maximum atomic E-state index is 13.3. The van der Waals surface area contributed by atoms with Crippen molar-refractivity contribution in [2.45, 2.75) is 32.4 Å². The molecule has 0 bridgehead atoms. The van der Waals surface area contributed by atoms with Gasteiger partial charge in [0.25, 0.3) is 11.8 Å². The molecule has 1 unspecified atom stereocenters. The average Bonchev–Trinajstić information content (AvgIpc) is 2.65. The number of likely N-dealkylation sites (N-methyl/N-ethyl adjacent to an activating group) is 1. The van der Waals surface area contributed by atoms with Crippen LogP contribution in [0.5, 0.6) is 5.75 Å². The first-order valence-corrected chi connectivity index (χ1v) is 9.96. The summed E-state index contributed by atoms with van der Waals surface area (Å²) >= 11 is 0. The molecule has 0 fully saturated rings. The van der Waals surface area contributed by atoms with Crippen LogP contribution in [0.2, 0.25) is 0 Å². The maximum Gasteiger partial charge on any atom is 0.282 e. The van der Waals surface area contributed by atoms with E-state index in [9.17, 15) is 9.59 Å². The van der Waals surface area contributed by atoms with E-state index in [1.54, 1.807) is 0 Å². The van der Waals surface area contributed by atoms with Gasteiger partial charge in [-0.2, -0.15) is 0 Å². The first-order valence-electron chi connectivity index (χ1n) is 9.96. The lowest BCUT2D eigenvalue weighted by atomic mass is 10.0. The Kier molecular flexibility index (Phi) is 6.23. The molecule has 2 aromatic carbocycles. The number of hydrogen-bond donors (Lipinski definition) is 2. The fraction of sp³-hybridized carbons (Fsp3) is 0.391. The molecule has 3 rings (SSSR count). The van der Waals surface area contributed by atoms with Crippen molar-refractivity contribution < 1.29 is 19.2 Å². The number of carbonyl (C=O) groups excluding carboxylic acids is 2. The predicted molar refractivity (Wildman–Crippen MR) is 113 cm³/mol. The van der Waals surface area contributed by atoms with Crippen LogP contribution in [0.25, 0.3) is 0 Å². The lowest BCUT2D eigenvalue weighted by Gasteiger charge is -2.37. The summed E-state index contributed by atoms with van der Waals surface area (Å²) in [6.07, 6.45) is 0. The average molecular weight is 397 g/mol. The van der Waals surface area contributed by atoms with Crippen molar-refractivity contribution >= 4 is 17.5 Å². The van der Waals surface area contributed by atoms with E-state index in [0.717, 1.165) is 16.2 Å². The highest BCUT2D eigenvalue weighted by atomic mass is 16.5. The van der Waals surface area contributed by atoms with Crippen molar-refractivity contribution in [2.24, 2.45) is 0 Å². The number of benzene rings is 2. The van der Waals surface area contributed by atoms with Crippen LogP contribution in [0, 0.1) is 0 Å². The van der Waals surface area contributed by atoms with Crippen molar-refractivity contribution in [3.05, 3.63) is 60.2 Å². The zero-order chi connectivity index (χ0) is 21.0. The smallest absolute Gasteiger partial charge is 0.282 e. The van der Waals surface area contributed by atoms with Gasteiger partial charge in [0.05, 0.1) is 18.8 Å². The third-order valence-electron chi connectivity index (χ3n) is 4.72. The molecule has 29 heavy (non-hydrogen) atoms. The maximum absolute atomic E-state index is 13.3. The van der Waals surface area contributed by atoms with Gasteiger partial charge in [0.15, 0.2) is 13.1 Å². The largest absolute Gasteiger partial charge is 0.489 e. The van der Waals surface area contributed by atoms with Crippen LogP contribution < -0.4 is 19.9 Å². The molecule has 6 heteroatoms. The Morgan fingerprint density at radius 1 is 1.07 bits per heavy atom. The van der Waals surface area contributed by atoms with Crippen molar-refractivity contribution in [3.8, 4) is 5.75 Å². The third kappa shape index (κ3) is 5.35. The molecule has 2 amide bonds. The van der Waals surface area contributed by atoms with Crippen molar-refractivity contribution in [1.29, 1.82) is 0 Å². The summed E-state index contributed by atoms with van der Waals surface area (Å²) in [7, 11) is 1.87. The van der Waals surface area contributed by atoms with Crippen LogP contribution in [-0.2, 0) is 9.59 Å². The number of nitrogens with one attached hydrogen (secondary N) is 2. The third-order valence-corrected chi connectivity index (χ3v) is 4.72. The van der Waals surface area contributed by atoms with Gasteiger partial charge in [0.1, 0.15) is 12.4 Å². The van der Waals surface area contributed by atoms with Gasteiger partial charge in [-0.15, -0.1) is 0 Å². The Morgan fingerprint density at radius 2 is 1.72 bits per heavy atom. The number of amides is 2. The normalized spacial score (nSPS) is 17.1. The van der Waals surface area contributed by atoms with Gasteiger partial charge in [-0.05, 0) is 38.5 Å². The minimum atomic E-state index is -0.289. The van der Waals surface area contributed by atoms with E-state index in [4.69, 9.17) is 4.74 Å². The summed E-state index contributed by atoms with van der Waals surface area (Å²) in [4.78, 5) is 28.2. The molecule has 0 spiro atoms. The van der Waals surface area contributed by atoms with Crippen LogP contribution in [0.1, 0.15) is 32.4 Å². The minimum Gasteiger partial charge on any atom is -0.489 e. The number of nitrogens with zero attached hydrogens (tertiary/aromatic N) is 1. The Morgan fingerprint density at radius 3 is 2.41 bits per heavy atom. The highest BCUT2D eigenvalue weighted by Gasteiger charge is 2.34. The highest BCUT2D eigenvalue weighted by Crippen LogP contribution is 2.39. The Bertz CT molecular complexity index is 861. The first-order chi connectivity index (χ1) is 13.7. The molecule has 0 saturated carbocycles. The number of anilines is 1. The molecule has 0 aromatic heterocycles. The lowest BCUT2D eigenvalue weighted by molar-refractivity contribution is -0.862. The van der Waals surface area contributed by atoms with Gasteiger partial charge in [0, 0.05) is 5.54 Å². The summed E-state index contributed by atoms with van der Waals surface area (Å²) in [5.41, 5.74) is 1.51. The molecule has 1 aliphatic rings. The molecule has 0 aliphatic carbocycles. The Balaban J connectivity index is 1.79. The Labute approximate surface area is 172 Å². The number of carbonyl (C=O) groups is 2. The SMILES string of the molecule is C[NH+](CC(=O)NC(C)(C)C)CC(=O)N1c2ccccc2OC[C@H]1c1ccccc1. The van der Waals surface area contributed by atoms with Gasteiger partial charge in [-0.1, -0.05) is 42.5 Å². The van der Waals surface area contributed by atoms with Gasteiger partial charge < -0.3 is 15.0 Å². The molecule has 2 N–H and O–H groups in total. The number of para-hydroxylation sites is 2.